The maximum Gasteiger partial charge on any atom is 0.573 e. The van der Waals surface area contributed by atoms with Crippen molar-refractivity contribution < 1.29 is 17.9 Å². The lowest BCUT2D eigenvalue weighted by molar-refractivity contribution is -0.274. The largest absolute Gasteiger partial charge is 0.573 e. The fourth-order valence-electron chi connectivity index (χ4n) is 1.91. The minimum Gasteiger partial charge on any atom is -0.406 e. The third kappa shape index (κ3) is 4.70. The number of nitrogens with one attached hydrogen (secondary N) is 1. The molecule has 0 amide bonds. The summed E-state index contributed by atoms with van der Waals surface area (Å²) in [5.41, 5.74) is 4.01. The van der Waals surface area contributed by atoms with Gasteiger partial charge in [-0.2, -0.15) is 0 Å². The Balaban J connectivity index is 2.03. The van der Waals surface area contributed by atoms with Gasteiger partial charge in [0.1, 0.15) is 5.75 Å². The fraction of sp³-hybridized carbons (Fsp3) is 0.250. The van der Waals surface area contributed by atoms with Gasteiger partial charge in [-0.3, -0.25) is 0 Å². The van der Waals surface area contributed by atoms with E-state index in [2.05, 4.69) is 10.1 Å². The van der Waals surface area contributed by atoms with Crippen molar-refractivity contribution in [3.8, 4) is 5.75 Å². The highest BCUT2D eigenvalue weighted by Crippen LogP contribution is 2.23. The fourth-order valence-corrected chi connectivity index (χ4v) is 1.91. The Bertz CT molecular complexity index is 623. The average molecular weight is 295 g/mol. The molecule has 0 saturated heterocycles. The summed E-state index contributed by atoms with van der Waals surface area (Å²) in [7, 11) is 0. The first-order valence-electron chi connectivity index (χ1n) is 6.49. The van der Waals surface area contributed by atoms with Crippen molar-refractivity contribution in [1.29, 1.82) is 0 Å². The Morgan fingerprint density at radius 3 is 2.43 bits per heavy atom. The molecule has 112 valence electrons. The van der Waals surface area contributed by atoms with Gasteiger partial charge >= 0.3 is 6.36 Å². The Labute approximate surface area is 121 Å². The van der Waals surface area contributed by atoms with Crippen molar-refractivity contribution in [2.45, 2.75) is 26.8 Å². The molecule has 5 heteroatoms. The Morgan fingerprint density at radius 1 is 1.00 bits per heavy atom. The van der Waals surface area contributed by atoms with E-state index in [-0.39, 0.29) is 5.75 Å². The summed E-state index contributed by atoms with van der Waals surface area (Å²) in [6, 6.07) is 11.9. The highest BCUT2D eigenvalue weighted by atomic mass is 19.4. The van der Waals surface area contributed by atoms with Crippen LogP contribution in [0.1, 0.15) is 16.7 Å². The summed E-state index contributed by atoms with van der Waals surface area (Å²) < 4.78 is 40.4. The molecule has 0 aromatic heterocycles. The number of hydrogen-bond donors (Lipinski definition) is 1. The van der Waals surface area contributed by atoms with Crippen LogP contribution in [-0.2, 0) is 6.54 Å². The lowest BCUT2D eigenvalue weighted by Gasteiger charge is -2.11. The Morgan fingerprint density at radius 2 is 1.76 bits per heavy atom. The number of rotatable bonds is 4. The van der Waals surface area contributed by atoms with Crippen LogP contribution >= 0.6 is 0 Å². The van der Waals surface area contributed by atoms with Crippen molar-refractivity contribution in [3.05, 3.63) is 59.2 Å². The minimum atomic E-state index is -4.67. The summed E-state index contributed by atoms with van der Waals surface area (Å²) in [5, 5.41) is 3.18. The molecular weight excluding hydrogens is 279 g/mol. The van der Waals surface area contributed by atoms with E-state index in [1.807, 2.05) is 32.0 Å². The Kier molecular flexibility index (Phi) is 4.40. The zero-order chi connectivity index (χ0) is 15.5. The molecule has 0 spiro atoms. The van der Waals surface area contributed by atoms with Crippen LogP contribution in [0.4, 0.5) is 18.9 Å². The number of hydrogen-bond acceptors (Lipinski definition) is 2. The molecule has 0 heterocycles. The highest BCUT2D eigenvalue weighted by molar-refractivity contribution is 5.48. The number of ether oxygens (including phenoxy) is 1. The van der Waals surface area contributed by atoms with Crippen LogP contribution in [0, 0.1) is 13.8 Å². The SMILES string of the molecule is Cc1ccc(NCc2cccc(OC(F)(F)F)c2)cc1C. The molecule has 0 fully saturated rings. The zero-order valence-corrected chi connectivity index (χ0v) is 11.8. The second-order valence-electron chi connectivity index (χ2n) is 4.85. The standard InChI is InChI=1S/C16H16F3NO/c1-11-6-7-14(8-12(11)2)20-10-13-4-3-5-15(9-13)21-16(17,18)19/h3-9,20H,10H2,1-2H3. The van der Waals surface area contributed by atoms with Crippen molar-refractivity contribution in [2.75, 3.05) is 5.32 Å². The van der Waals surface area contributed by atoms with Crippen LogP contribution in [0.25, 0.3) is 0 Å². The monoisotopic (exact) mass is 295 g/mol. The lowest BCUT2D eigenvalue weighted by atomic mass is 10.1. The van der Waals surface area contributed by atoms with Gasteiger partial charge in [-0.25, -0.2) is 0 Å². The van der Waals surface area contributed by atoms with E-state index in [1.165, 1.54) is 17.7 Å². The molecule has 0 bridgehead atoms. The smallest absolute Gasteiger partial charge is 0.406 e. The number of anilines is 1. The summed E-state index contributed by atoms with van der Waals surface area (Å²) in [6.07, 6.45) is -4.67. The zero-order valence-electron chi connectivity index (χ0n) is 11.8. The molecule has 0 aliphatic rings. The van der Waals surface area contributed by atoms with Gasteiger partial charge in [-0.05, 0) is 54.8 Å². The maximum absolute atomic E-state index is 12.2. The number of halogens is 3. The van der Waals surface area contributed by atoms with Crippen molar-refractivity contribution in [2.24, 2.45) is 0 Å². The van der Waals surface area contributed by atoms with E-state index in [4.69, 9.17) is 0 Å². The normalized spacial score (nSPS) is 11.3. The van der Waals surface area contributed by atoms with Crippen molar-refractivity contribution >= 4 is 5.69 Å². The molecule has 0 aliphatic carbocycles. The molecule has 1 N–H and O–H groups in total. The first-order chi connectivity index (χ1) is 9.83. The summed E-state index contributed by atoms with van der Waals surface area (Å²) in [4.78, 5) is 0. The molecule has 2 nitrogen and oxygen atoms in total. The van der Waals surface area contributed by atoms with Gasteiger partial charge in [0.15, 0.2) is 0 Å². The van der Waals surface area contributed by atoms with E-state index in [0.29, 0.717) is 6.54 Å². The summed E-state index contributed by atoms with van der Waals surface area (Å²) in [5.74, 6) is -0.207. The van der Waals surface area contributed by atoms with Gasteiger partial charge in [0.05, 0.1) is 0 Å². The van der Waals surface area contributed by atoms with Crippen molar-refractivity contribution in [1.82, 2.24) is 0 Å². The molecule has 0 saturated carbocycles. The number of benzene rings is 2. The van der Waals surface area contributed by atoms with Crippen LogP contribution in [-0.4, -0.2) is 6.36 Å². The predicted molar refractivity (Wildman–Crippen MR) is 76.4 cm³/mol. The van der Waals surface area contributed by atoms with E-state index < -0.39 is 6.36 Å². The molecule has 0 atom stereocenters. The van der Waals surface area contributed by atoms with Gasteiger partial charge in [0.2, 0.25) is 0 Å². The third-order valence-electron chi connectivity index (χ3n) is 3.14. The first-order valence-corrected chi connectivity index (χ1v) is 6.49. The van der Waals surface area contributed by atoms with Crippen LogP contribution in [0.2, 0.25) is 0 Å². The van der Waals surface area contributed by atoms with Gasteiger partial charge in [-0.15, -0.1) is 13.2 Å². The third-order valence-corrected chi connectivity index (χ3v) is 3.14. The topological polar surface area (TPSA) is 21.3 Å². The number of alkyl halides is 3. The summed E-state index contributed by atoms with van der Waals surface area (Å²) in [6.45, 7) is 4.47. The van der Waals surface area contributed by atoms with E-state index in [0.717, 1.165) is 16.8 Å². The molecule has 0 aliphatic heterocycles. The number of aryl methyl sites for hydroxylation is 2. The minimum absolute atomic E-state index is 0.207. The van der Waals surface area contributed by atoms with E-state index in [1.54, 1.807) is 12.1 Å². The van der Waals surface area contributed by atoms with Crippen LogP contribution in [0.15, 0.2) is 42.5 Å². The van der Waals surface area contributed by atoms with Crippen LogP contribution < -0.4 is 10.1 Å². The molecule has 0 unspecified atom stereocenters. The first kappa shape index (κ1) is 15.2. The van der Waals surface area contributed by atoms with Crippen LogP contribution in [0.3, 0.4) is 0 Å². The average Bonchev–Trinajstić information content (AvgIpc) is 2.39. The van der Waals surface area contributed by atoms with Crippen LogP contribution in [0.5, 0.6) is 5.75 Å². The van der Waals surface area contributed by atoms with Crippen molar-refractivity contribution in [3.63, 3.8) is 0 Å². The van der Waals surface area contributed by atoms with E-state index >= 15 is 0 Å². The molecule has 2 aromatic rings. The van der Waals surface area contributed by atoms with Gasteiger partial charge in [-0.1, -0.05) is 18.2 Å². The van der Waals surface area contributed by atoms with E-state index in [9.17, 15) is 13.2 Å². The van der Waals surface area contributed by atoms with Gasteiger partial charge < -0.3 is 10.1 Å². The maximum atomic E-state index is 12.2. The lowest BCUT2D eigenvalue weighted by Crippen LogP contribution is -2.17. The van der Waals surface area contributed by atoms with Gasteiger partial charge in [0.25, 0.3) is 0 Å². The molecule has 2 aromatic carbocycles. The quantitative estimate of drug-likeness (QED) is 0.873. The molecule has 21 heavy (non-hydrogen) atoms. The molecular formula is C16H16F3NO. The van der Waals surface area contributed by atoms with Gasteiger partial charge in [0, 0.05) is 12.2 Å². The second-order valence-corrected chi connectivity index (χ2v) is 4.85. The molecule has 0 radical (unpaired) electrons. The predicted octanol–water partition coefficient (Wildman–Crippen LogP) is 4.81. The Hall–Kier alpha value is -2.17. The summed E-state index contributed by atoms with van der Waals surface area (Å²) >= 11 is 0. The second kappa shape index (κ2) is 6.08. The highest BCUT2D eigenvalue weighted by Gasteiger charge is 2.31. The molecule has 2 rings (SSSR count).